The van der Waals surface area contributed by atoms with Crippen molar-refractivity contribution in [3.05, 3.63) is 35.4 Å². The lowest BCUT2D eigenvalue weighted by Gasteiger charge is -2.27. The molecule has 1 unspecified atom stereocenters. The number of hydrogen-bond donors (Lipinski definition) is 1. The third-order valence-electron chi connectivity index (χ3n) is 3.22. The molecule has 1 aromatic carbocycles. The van der Waals surface area contributed by atoms with Crippen molar-refractivity contribution < 1.29 is 23.1 Å². The summed E-state index contributed by atoms with van der Waals surface area (Å²) in [6.45, 7) is 5.02. The molecule has 1 rings (SSSR count). The lowest BCUT2D eigenvalue weighted by molar-refractivity contribution is -0.137. The first kappa shape index (κ1) is 18.5. The zero-order chi connectivity index (χ0) is 17.1. The van der Waals surface area contributed by atoms with Crippen LogP contribution in [0.15, 0.2) is 24.3 Å². The molecule has 0 radical (unpaired) electrons. The average molecular weight is 317 g/mol. The van der Waals surface area contributed by atoms with E-state index in [-0.39, 0.29) is 18.9 Å². The highest BCUT2D eigenvalue weighted by Gasteiger charge is 2.30. The number of hydrogen-bond acceptors (Lipinski definition) is 2. The number of rotatable bonds is 5. The van der Waals surface area contributed by atoms with Crippen LogP contribution in [-0.2, 0) is 17.4 Å². The van der Waals surface area contributed by atoms with E-state index in [1.165, 1.54) is 11.0 Å². The van der Waals surface area contributed by atoms with Gasteiger partial charge in [0.25, 0.3) is 0 Å². The first-order valence-corrected chi connectivity index (χ1v) is 7.03. The largest absolute Gasteiger partial charge is 0.416 e. The highest BCUT2D eigenvalue weighted by molar-refractivity contribution is 5.78. The Morgan fingerprint density at radius 2 is 1.91 bits per heavy atom. The number of aliphatic hydroxyl groups is 1. The highest BCUT2D eigenvalue weighted by atomic mass is 19.4. The molecule has 1 N–H and O–H groups in total. The van der Waals surface area contributed by atoms with Crippen molar-refractivity contribution in [2.45, 2.75) is 39.0 Å². The molecular weight excluding hydrogens is 295 g/mol. The van der Waals surface area contributed by atoms with Crippen molar-refractivity contribution >= 4 is 5.91 Å². The number of carbonyl (C=O) groups is 1. The van der Waals surface area contributed by atoms with Gasteiger partial charge in [0.1, 0.15) is 0 Å². The Kier molecular flexibility index (Phi) is 5.62. The predicted molar refractivity (Wildman–Crippen MR) is 78.2 cm³/mol. The molecular formula is C16H22F3NO2. The van der Waals surface area contributed by atoms with E-state index in [1.54, 1.807) is 33.9 Å². The topological polar surface area (TPSA) is 40.5 Å². The van der Waals surface area contributed by atoms with Gasteiger partial charge in [-0.05, 0) is 31.9 Å². The maximum absolute atomic E-state index is 12.7. The number of nitrogens with zero attached hydrogens (tertiary/aromatic N) is 1. The van der Waals surface area contributed by atoms with Gasteiger partial charge >= 0.3 is 6.18 Å². The first-order valence-electron chi connectivity index (χ1n) is 7.03. The van der Waals surface area contributed by atoms with Crippen LogP contribution in [0, 0.1) is 5.92 Å². The fraction of sp³-hybridized carbons (Fsp3) is 0.562. The number of alkyl halides is 3. The Hall–Kier alpha value is -1.56. The van der Waals surface area contributed by atoms with Crippen LogP contribution in [0.25, 0.3) is 0 Å². The van der Waals surface area contributed by atoms with Gasteiger partial charge in [-0.15, -0.1) is 0 Å². The van der Waals surface area contributed by atoms with Gasteiger partial charge in [0.2, 0.25) is 5.91 Å². The quantitative estimate of drug-likeness (QED) is 0.906. The Labute approximate surface area is 128 Å². The summed E-state index contributed by atoms with van der Waals surface area (Å²) >= 11 is 0. The molecule has 1 atom stereocenters. The van der Waals surface area contributed by atoms with E-state index in [9.17, 15) is 23.1 Å². The fourth-order valence-electron chi connectivity index (χ4n) is 2.35. The second kappa shape index (κ2) is 6.69. The minimum atomic E-state index is -4.39. The first-order chi connectivity index (χ1) is 9.90. The van der Waals surface area contributed by atoms with Crippen molar-refractivity contribution in [3.8, 4) is 0 Å². The van der Waals surface area contributed by atoms with Crippen LogP contribution in [0.1, 0.15) is 31.9 Å². The van der Waals surface area contributed by atoms with Gasteiger partial charge in [-0.3, -0.25) is 4.79 Å². The zero-order valence-electron chi connectivity index (χ0n) is 13.2. The van der Waals surface area contributed by atoms with Gasteiger partial charge in [-0.1, -0.05) is 25.1 Å². The molecule has 3 nitrogen and oxygen atoms in total. The number of benzene rings is 1. The summed E-state index contributed by atoms with van der Waals surface area (Å²) < 4.78 is 38.0. The summed E-state index contributed by atoms with van der Waals surface area (Å²) in [5.41, 5.74) is -1.26. The van der Waals surface area contributed by atoms with Crippen LogP contribution < -0.4 is 0 Å². The third kappa shape index (κ3) is 5.67. The summed E-state index contributed by atoms with van der Waals surface area (Å²) in [7, 11) is 1.57. The molecule has 6 heteroatoms. The molecule has 0 heterocycles. The Morgan fingerprint density at radius 1 is 1.32 bits per heavy atom. The van der Waals surface area contributed by atoms with E-state index in [1.807, 2.05) is 0 Å². The van der Waals surface area contributed by atoms with Crippen molar-refractivity contribution in [2.24, 2.45) is 5.92 Å². The molecule has 22 heavy (non-hydrogen) atoms. The number of halogens is 3. The molecule has 0 saturated heterocycles. The van der Waals surface area contributed by atoms with Gasteiger partial charge in [-0.2, -0.15) is 13.2 Å². The molecule has 0 aliphatic heterocycles. The van der Waals surface area contributed by atoms with E-state index in [0.717, 1.165) is 12.1 Å². The number of amides is 1. The zero-order valence-corrected chi connectivity index (χ0v) is 13.2. The highest BCUT2D eigenvalue weighted by Crippen LogP contribution is 2.30. The fourth-order valence-corrected chi connectivity index (χ4v) is 2.35. The van der Waals surface area contributed by atoms with Crippen LogP contribution in [-0.4, -0.2) is 35.1 Å². The van der Waals surface area contributed by atoms with E-state index in [4.69, 9.17) is 0 Å². The van der Waals surface area contributed by atoms with Crippen LogP contribution >= 0.6 is 0 Å². The molecule has 0 spiro atoms. The van der Waals surface area contributed by atoms with E-state index >= 15 is 0 Å². The van der Waals surface area contributed by atoms with Crippen molar-refractivity contribution in [2.75, 3.05) is 13.6 Å². The van der Waals surface area contributed by atoms with E-state index < -0.39 is 23.3 Å². The molecule has 0 aliphatic carbocycles. The van der Waals surface area contributed by atoms with E-state index in [0.29, 0.717) is 5.56 Å². The number of likely N-dealkylation sites (N-methyl/N-ethyl adjacent to an activating group) is 1. The monoisotopic (exact) mass is 317 g/mol. The molecule has 0 saturated carbocycles. The SMILES string of the molecule is CC(Cc1cccc(C(F)(F)F)c1)C(=O)N(C)CC(C)(C)O. The van der Waals surface area contributed by atoms with Crippen LogP contribution in [0.4, 0.5) is 13.2 Å². The van der Waals surface area contributed by atoms with Gasteiger partial charge in [0.15, 0.2) is 0 Å². The van der Waals surface area contributed by atoms with Gasteiger partial charge < -0.3 is 10.0 Å². The molecule has 0 aliphatic rings. The minimum absolute atomic E-state index is 0.165. The lowest BCUT2D eigenvalue weighted by atomic mass is 9.97. The summed E-state index contributed by atoms with van der Waals surface area (Å²) in [6.07, 6.45) is -4.17. The number of carbonyl (C=O) groups excluding carboxylic acids is 1. The summed E-state index contributed by atoms with van der Waals surface area (Å²) in [6, 6.07) is 5.00. The van der Waals surface area contributed by atoms with E-state index in [2.05, 4.69) is 0 Å². The Bertz CT molecular complexity index is 521. The molecule has 0 bridgehead atoms. The third-order valence-corrected chi connectivity index (χ3v) is 3.22. The van der Waals surface area contributed by atoms with Crippen molar-refractivity contribution in [1.82, 2.24) is 4.90 Å². The molecule has 124 valence electrons. The Morgan fingerprint density at radius 3 is 2.41 bits per heavy atom. The molecule has 1 aromatic rings. The van der Waals surface area contributed by atoms with Crippen molar-refractivity contribution in [3.63, 3.8) is 0 Å². The maximum atomic E-state index is 12.7. The Balaban J connectivity index is 2.76. The maximum Gasteiger partial charge on any atom is 0.416 e. The summed E-state index contributed by atoms with van der Waals surface area (Å²) in [5, 5.41) is 9.72. The van der Waals surface area contributed by atoms with Crippen LogP contribution in [0.3, 0.4) is 0 Å². The molecule has 0 fully saturated rings. The molecule has 1 amide bonds. The van der Waals surface area contributed by atoms with Crippen LogP contribution in [0.5, 0.6) is 0 Å². The summed E-state index contributed by atoms with van der Waals surface area (Å²) in [5.74, 6) is -0.671. The van der Waals surface area contributed by atoms with Crippen molar-refractivity contribution in [1.29, 1.82) is 0 Å². The lowest BCUT2D eigenvalue weighted by Crippen LogP contribution is -2.42. The predicted octanol–water partition coefficient (Wildman–Crippen LogP) is 3.11. The second-order valence-electron chi connectivity index (χ2n) is 6.31. The summed E-state index contributed by atoms with van der Waals surface area (Å²) in [4.78, 5) is 13.6. The smallest absolute Gasteiger partial charge is 0.389 e. The normalized spacial score (nSPS) is 13.8. The molecule has 0 aromatic heterocycles. The minimum Gasteiger partial charge on any atom is -0.389 e. The van der Waals surface area contributed by atoms with Gasteiger partial charge in [0, 0.05) is 19.5 Å². The average Bonchev–Trinajstić information content (AvgIpc) is 2.35. The standard InChI is InChI=1S/C16H22F3NO2/c1-11(14(21)20(4)10-15(2,3)22)8-12-6-5-7-13(9-12)16(17,18)19/h5-7,9,11,22H,8,10H2,1-4H3. The van der Waals surface area contributed by atoms with Crippen LogP contribution in [0.2, 0.25) is 0 Å². The van der Waals surface area contributed by atoms with Gasteiger partial charge in [0.05, 0.1) is 11.2 Å². The second-order valence-corrected chi connectivity index (χ2v) is 6.31. The van der Waals surface area contributed by atoms with Gasteiger partial charge in [-0.25, -0.2) is 0 Å².